The lowest BCUT2D eigenvalue weighted by Crippen LogP contribution is -1.75. The molecule has 0 aromatic carbocycles. The number of allylic oxidation sites excluding steroid dienone is 1. The van der Waals surface area contributed by atoms with E-state index in [1.165, 1.54) is 6.08 Å². The van der Waals surface area contributed by atoms with E-state index >= 15 is 0 Å². The summed E-state index contributed by atoms with van der Waals surface area (Å²) < 4.78 is 0. The monoisotopic (exact) mass is 164 g/mol. The zero-order chi connectivity index (χ0) is 8.10. The zero-order valence-corrected chi connectivity index (χ0v) is 6.42. The minimum Gasteiger partial charge on any atom is -0.244 e. The Morgan fingerprint density at radius 3 is 2.91 bits per heavy atom. The molecule has 0 saturated heterocycles. The zero-order valence-electron chi connectivity index (χ0n) is 5.66. The van der Waals surface area contributed by atoms with Crippen LogP contribution in [0.25, 0.3) is 6.08 Å². The van der Waals surface area contributed by atoms with Crippen LogP contribution >= 0.6 is 11.6 Å². The summed E-state index contributed by atoms with van der Waals surface area (Å²) in [5.74, 6) is 0. The molecule has 0 aliphatic rings. The molecule has 1 heterocycles. The molecule has 54 valence electrons. The first-order valence-corrected chi connectivity index (χ1v) is 3.38. The molecule has 0 bridgehead atoms. The Kier molecular flexibility index (Phi) is 2.65. The highest BCUT2D eigenvalue weighted by atomic mass is 35.5. The van der Waals surface area contributed by atoms with Gasteiger partial charge in [-0.2, -0.15) is 5.26 Å². The van der Waals surface area contributed by atoms with Gasteiger partial charge in [0.1, 0.15) is 5.15 Å². The number of hydrogen-bond acceptors (Lipinski definition) is 2. The number of pyridine rings is 1. The normalized spacial score (nSPS) is 9.82. The van der Waals surface area contributed by atoms with Crippen LogP contribution in [-0.4, -0.2) is 4.98 Å². The van der Waals surface area contributed by atoms with Crippen LogP contribution in [0.2, 0.25) is 5.15 Å². The van der Waals surface area contributed by atoms with Crippen molar-refractivity contribution in [1.29, 1.82) is 5.26 Å². The third kappa shape index (κ3) is 2.40. The van der Waals surface area contributed by atoms with Gasteiger partial charge in [0, 0.05) is 12.3 Å². The standard InChI is InChI=1S/C8H5ClN2/c9-8-4-3-7(6-11-8)2-1-5-10/h1-4,6H. The molecule has 0 saturated carbocycles. The van der Waals surface area contributed by atoms with Crippen molar-refractivity contribution in [3.8, 4) is 6.07 Å². The highest BCUT2D eigenvalue weighted by Crippen LogP contribution is 2.05. The molecule has 1 aromatic heterocycles. The van der Waals surface area contributed by atoms with E-state index in [9.17, 15) is 0 Å². The molecule has 0 N–H and O–H groups in total. The molecule has 0 aliphatic heterocycles. The van der Waals surface area contributed by atoms with Gasteiger partial charge in [-0.1, -0.05) is 17.7 Å². The summed E-state index contributed by atoms with van der Waals surface area (Å²) in [6.07, 6.45) is 4.67. The van der Waals surface area contributed by atoms with Gasteiger partial charge in [-0.15, -0.1) is 0 Å². The Hall–Kier alpha value is -1.33. The lowest BCUT2D eigenvalue weighted by Gasteiger charge is -1.89. The van der Waals surface area contributed by atoms with Gasteiger partial charge in [0.2, 0.25) is 0 Å². The molecule has 1 aromatic rings. The van der Waals surface area contributed by atoms with Gasteiger partial charge in [-0.05, 0) is 17.7 Å². The van der Waals surface area contributed by atoms with Crippen LogP contribution in [-0.2, 0) is 0 Å². The lowest BCUT2D eigenvalue weighted by atomic mass is 10.3. The first-order valence-electron chi connectivity index (χ1n) is 3.00. The van der Waals surface area contributed by atoms with Crippen molar-refractivity contribution in [2.24, 2.45) is 0 Å². The van der Waals surface area contributed by atoms with Crippen molar-refractivity contribution >= 4 is 17.7 Å². The molecule has 0 radical (unpaired) electrons. The quantitative estimate of drug-likeness (QED) is 0.472. The van der Waals surface area contributed by atoms with Crippen LogP contribution in [0.5, 0.6) is 0 Å². The highest BCUT2D eigenvalue weighted by molar-refractivity contribution is 6.29. The molecule has 0 atom stereocenters. The largest absolute Gasteiger partial charge is 0.244 e. The molecule has 2 nitrogen and oxygen atoms in total. The van der Waals surface area contributed by atoms with Crippen LogP contribution in [0.15, 0.2) is 24.4 Å². The number of aromatic nitrogens is 1. The Morgan fingerprint density at radius 1 is 1.55 bits per heavy atom. The van der Waals surface area contributed by atoms with E-state index in [-0.39, 0.29) is 0 Å². The van der Waals surface area contributed by atoms with Gasteiger partial charge < -0.3 is 0 Å². The lowest BCUT2D eigenvalue weighted by molar-refractivity contribution is 1.32. The third-order valence-corrected chi connectivity index (χ3v) is 1.32. The van der Waals surface area contributed by atoms with Crippen LogP contribution in [0.4, 0.5) is 0 Å². The van der Waals surface area contributed by atoms with E-state index in [4.69, 9.17) is 16.9 Å². The van der Waals surface area contributed by atoms with Crippen LogP contribution < -0.4 is 0 Å². The second-order valence-corrected chi connectivity index (χ2v) is 2.26. The summed E-state index contributed by atoms with van der Waals surface area (Å²) in [6, 6.07) is 5.36. The minimum atomic E-state index is 0.458. The van der Waals surface area contributed by atoms with Gasteiger partial charge in [-0.25, -0.2) is 4.98 Å². The SMILES string of the molecule is N#CC=Cc1ccc(Cl)nc1. The summed E-state index contributed by atoms with van der Waals surface area (Å²) in [6.45, 7) is 0. The van der Waals surface area contributed by atoms with Gasteiger partial charge in [0.15, 0.2) is 0 Å². The van der Waals surface area contributed by atoms with Crippen molar-refractivity contribution in [3.63, 3.8) is 0 Å². The summed E-state index contributed by atoms with van der Waals surface area (Å²) in [7, 11) is 0. The topological polar surface area (TPSA) is 36.7 Å². The predicted molar refractivity (Wildman–Crippen MR) is 43.9 cm³/mol. The molecule has 0 fully saturated rings. The molecule has 3 heteroatoms. The fourth-order valence-electron chi connectivity index (χ4n) is 0.619. The molecule has 0 spiro atoms. The number of nitrogens with zero attached hydrogens (tertiary/aromatic N) is 2. The predicted octanol–water partition coefficient (Wildman–Crippen LogP) is 2.27. The maximum absolute atomic E-state index is 8.20. The highest BCUT2D eigenvalue weighted by Gasteiger charge is 1.87. The molecule has 0 amide bonds. The molecule has 0 aliphatic carbocycles. The van der Waals surface area contributed by atoms with Gasteiger partial charge in [0.25, 0.3) is 0 Å². The van der Waals surface area contributed by atoms with E-state index in [0.717, 1.165) is 5.56 Å². The van der Waals surface area contributed by atoms with Crippen molar-refractivity contribution in [3.05, 3.63) is 35.1 Å². The molecule has 0 unspecified atom stereocenters. The van der Waals surface area contributed by atoms with Crippen LogP contribution in [0.1, 0.15) is 5.56 Å². The van der Waals surface area contributed by atoms with E-state index in [2.05, 4.69) is 4.98 Å². The second kappa shape index (κ2) is 3.75. The third-order valence-electron chi connectivity index (χ3n) is 1.10. The summed E-state index contributed by atoms with van der Waals surface area (Å²) in [5.41, 5.74) is 0.871. The fraction of sp³-hybridized carbons (Fsp3) is 0. The second-order valence-electron chi connectivity index (χ2n) is 1.88. The van der Waals surface area contributed by atoms with Gasteiger partial charge in [-0.3, -0.25) is 0 Å². The number of nitriles is 1. The Morgan fingerprint density at radius 2 is 2.36 bits per heavy atom. The van der Waals surface area contributed by atoms with Crippen LogP contribution in [0, 0.1) is 11.3 Å². The van der Waals surface area contributed by atoms with E-state index in [1.807, 2.05) is 6.07 Å². The number of rotatable bonds is 1. The molecular weight excluding hydrogens is 160 g/mol. The Balaban J connectivity index is 2.84. The van der Waals surface area contributed by atoms with Crippen molar-refractivity contribution in [2.45, 2.75) is 0 Å². The maximum atomic E-state index is 8.20. The first-order chi connectivity index (χ1) is 5.33. The minimum absolute atomic E-state index is 0.458. The molecule has 1 rings (SSSR count). The average molecular weight is 165 g/mol. The van der Waals surface area contributed by atoms with Crippen molar-refractivity contribution in [2.75, 3.05) is 0 Å². The summed E-state index contributed by atoms with van der Waals surface area (Å²) >= 11 is 5.55. The van der Waals surface area contributed by atoms with Gasteiger partial charge in [0.05, 0.1) is 6.07 Å². The Bertz CT molecular complexity index is 295. The average Bonchev–Trinajstić information content (AvgIpc) is 2.04. The fourth-order valence-corrected chi connectivity index (χ4v) is 0.731. The number of halogens is 1. The molecular formula is C8H5ClN2. The van der Waals surface area contributed by atoms with Gasteiger partial charge >= 0.3 is 0 Å². The summed E-state index contributed by atoms with van der Waals surface area (Å²) in [4.78, 5) is 3.84. The molecule has 11 heavy (non-hydrogen) atoms. The summed E-state index contributed by atoms with van der Waals surface area (Å²) in [5, 5.41) is 8.66. The van der Waals surface area contributed by atoms with Crippen molar-refractivity contribution < 1.29 is 0 Å². The number of hydrogen-bond donors (Lipinski definition) is 0. The van der Waals surface area contributed by atoms with Crippen molar-refractivity contribution in [1.82, 2.24) is 4.98 Å². The maximum Gasteiger partial charge on any atom is 0.129 e. The van der Waals surface area contributed by atoms with Crippen LogP contribution in [0.3, 0.4) is 0 Å². The van der Waals surface area contributed by atoms with E-state index in [1.54, 1.807) is 24.4 Å². The van der Waals surface area contributed by atoms with E-state index in [0.29, 0.717) is 5.15 Å². The smallest absolute Gasteiger partial charge is 0.129 e. The first kappa shape index (κ1) is 7.77. The van der Waals surface area contributed by atoms with E-state index < -0.39 is 0 Å². The Labute approximate surface area is 69.8 Å².